The van der Waals surface area contributed by atoms with Gasteiger partial charge in [-0.3, -0.25) is 14.4 Å². The van der Waals surface area contributed by atoms with Crippen LogP contribution in [0.4, 0.5) is 4.79 Å². The summed E-state index contributed by atoms with van der Waals surface area (Å²) in [4.78, 5) is 52.6. The third-order valence-electron chi connectivity index (χ3n) is 5.33. The number of primary amides is 1. The molecule has 0 aliphatic carbocycles. The predicted molar refractivity (Wildman–Crippen MR) is 143 cm³/mol. The molecule has 0 heterocycles. The Bertz CT molecular complexity index is 1130. The van der Waals surface area contributed by atoms with Crippen molar-refractivity contribution in [3.05, 3.63) is 78.4 Å². The van der Waals surface area contributed by atoms with Crippen LogP contribution in [-0.2, 0) is 25.7 Å². The van der Waals surface area contributed by atoms with E-state index in [9.17, 15) is 24.3 Å². The summed E-state index contributed by atoms with van der Waals surface area (Å²) >= 11 is 0. The summed E-state index contributed by atoms with van der Waals surface area (Å²) in [6.07, 6.45) is 0.280. The summed E-state index contributed by atoms with van der Waals surface area (Å²) in [7, 11) is 0. The molecular formula is C28H36N4O6. The molecule has 2 aromatic carbocycles. The lowest BCUT2D eigenvalue weighted by Gasteiger charge is -2.34. The van der Waals surface area contributed by atoms with Gasteiger partial charge in [0.15, 0.2) is 0 Å². The highest BCUT2D eigenvalue weighted by atomic mass is 16.6. The SMILES string of the molecule is C=CCN(C(=O)C(CCC(N)=O)NC(=O)OC(C)(C)C)C(C(=O)NCc1ccccc1)c1cccc(O)c1. The number of aromatic hydroxyl groups is 1. The molecule has 0 radical (unpaired) electrons. The van der Waals surface area contributed by atoms with Crippen molar-refractivity contribution < 1.29 is 29.0 Å². The van der Waals surface area contributed by atoms with E-state index in [2.05, 4.69) is 17.2 Å². The maximum absolute atomic E-state index is 13.8. The number of carbonyl (C=O) groups excluding carboxylic acids is 4. The van der Waals surface area contributed by atoms with E-state index in [0.717, 1.165) is 5.56 Å². The molecule has 2 rings (SSSR count). The van der Waals surface area contributed by atoms with Gasteiger partial charge in [0.2, 0.25) is 17.7 Å². The molecule has 38 heavy (non-hydrogen) atoms. The van der Waals surface area contributed by atoms with E-state index in [1.165, 1.54) is 23.1 Å². The van der Waals surface area contributed by atoms with Gasteiger partial charge in [-0.05, 0) is 50.5 Å². The van der Waals surface area contributed by atoms with Crippen molar-refractivity contribution in [3.8, 4) is 5.75 Å². The molecular weight excluding hydrogens is 488 g/mol. The number of nitrogens with zero attached hydrogens (tertiary/aromatic N) is 1. The standard InChI is InChI=1S/C28H36N4O6/c1-5-16-32(26(36)22(14-15-23(29)34)31-27(37)38-28(2,3)4)24(20-12-9-13-21(33)17-20)25(35)30-18-19-10-7-6-8-11-19/h5-13,17,22,24,33H,1,14-16,18H2,2-4H3,(H2,29,34)(H,30,35)(H,31,37). The lowest BCUT2D eigenvalue weighted by molar-refractivity contribution is -0.142. The van der Waals surface area contributed by atoms with Crippen LogP contribution < -0.4 is 16.4 Å². The van der Waals surface area contributed by atoms with Crippen molar-refractivity contribution >= 4 is 23.8 Å². The van der Waals surface area contributed by atoms with Gasteiger partial charge in [-0.1, -0.05) is 48.5 Å². The first kappa shape index (κ1) is 29.9. The Balaban J connectivity index is 2.43. The van der Waals surface area contributed by atoms with Gasteiger partial charge in [-0.15, -0.1) is 6.58 Å². The molecule has 0 spiro atoms. The number of nitrogens with one attached hydrogen (secondary N) is 2. The van der Waals surface area contributed by atoms with Crippen LogP contribution in [-0.4, -0.2) is 52.0 Å². The van der Waals surface area contributed by atoms with Gasteiger partial charge in [0.1, 0.15) is 23.4 Å². The zero-order chi connectivity index (χ0) is 28.3. The molecule has 0 fully saturated rings. The summed E-state index contributed by atoms with van der Waals surface area (Å²) in [5.41, 5.74) is 5.67. The van der Waals surface area contributed by atoms with E-state index in [1.807, 2.05) is 30.3 Å². The van der Waals surface area contributed by atoms with Crippen molar-refractivity contribution in [2.75, 3.05) is 6.54 Å². The third kappa shape index (κ3) is 9.61. The number of phenols is 1. The van der Waals surface area contributed by atoms with Gasteiger partial charge in [0, 0.05) is 19.5 Å². The highest BCUT2D eigenvalue weighted by Gasteiger charge is 2.36. The van der Waals surface area contributed by atoms with E-state index in [-0.39, 0.29) is 31.7 Å². The molecule has 2 atom stereocenters. The number of ether oxygens (including phenoxy) is 1. The number of benzene rings is 2. The first-order chi connectivity index (χ1) is 17.9. The van der Waals surface area contributed by atoms with Crippen molar-refractivity contribution in [2.45, 2.75) is 57.8 Å². The second-order valence-electron chi connectivity index (χ2n) is 9.68. The molecule has 0 saturated heterocycles. The van der Waals surface area contributed by atoms with Crippen LogP contribution >= 0.6 is 0 Å². The van der Waals surface area contributed by atoms with Crippen molar-refractivity contribution in [1.82, 2.24) is 15.5 Å². The molecule has 2 aromatic rings. The number of amides is 4. The normalized spacial score (nSPS) is 12.5. The molecule has 204 valence electrons. The van der Waals surface area contributed by atoms with Crippen LogP contribution in [0, 0.1) is 0 Å². The fourth-order valence-electron chi connectivity index (χ4n) is 3.71. The Morgan fingerprint density at radius 1 is 1.11 bits per heavy atom. The monoisotopic (exact) mass is 524 g/mol. The number of hydrogen-bond donors (Lipinski definition) is 4. The van der Waals surface area contributed by atoms with Crippen molar-refractivity contribution in [2.24, 2.45) is 5.73 Å². The second kappa shape index (κ2) is 13.8. The fraction of sp³-hybridized carbons (Fsp3) is 0.357. The Kier molecular flexibility index (Phi) is 10.9. The number of alkyl carbamates (subject to hydrolysis) is 1. The molecule has 10 nitrogen and oxygen atoms in total. The molecule has 0 aliphatic rings. The second-order valence-corrected chi connectivity index (χ2v) is 9.68. The maximum Gasteiger partial charge on any atom is 0.408 e. The van der Waals surface area contributed by atoms with Crippen molar-refractivity contribution in [3.63, 3.8) is 0 Å². The average molecular weight is 525 g/mol. The van der Waals surface area contributed by atoms with Crippen LogP contribution in [0.5, 0.6) is 5.75 Å². The Hall–Kier alpha value is -4.34. The molecule has 5 N–H and O–H groups in total. The van der Waals surface area contributed by atoms with E-state index in [0.29, 0.717) is 5.56 Å². The fourth-order valence-corrected chi connectivity index (χ4v) is 3.71. The predicted octanol–water partition coefficient (Wildman–Crippen LogP) is 2.92. The highest BCUT2D eigenvalue weighted by molar-refractivity contribution is 5.92. The van der Waals surface area contributed by atoms with Gasteiger partial charge in [-0.25, -0.2) is 4.79 Å². The largest absolute Gasteiger partial charge is 0.508 e. The first-order valence-corrected chi connectivity index (χ1v) is 12.2. The third-order valence-corrected chi connectivity index (χ3v) is 5.33. The van der Waals surface area contributed by atoms with E-state index >= 15 is 0 Å². The summed E-state index contributed by atoms with van der Waals surface area (Å²) < 4.78 is 5.29. The van der Waals surface area contributed by atoms with Gasteiger partial charge < -0.3 is 31.1 Å². The van der Waals surface area contributed by atoms with Crippen LogP contribution in [0.1, 0.15) is 50.8 Å². The quantitative estimate of drug-likeness (QED) is 0.314. The molecule has 2 unspecified atom stereocenters. The molecule has 4 amide bonds. The average Bonchev–Trinajstić information content (AvgIpc) is 2.84. The number of carbonyl (C=O) groups is 4. The van der Waals surface area contributed by atoms with Crippen LogP contribution in [0.15, 0.2) is 67.3 Å². The molecule has 0 aromatic heterocycles. The Labute approximate surface area is 222 Å². The van der Waals surface area contributed by atoms with Gasteiger partial charge in [-0.2, -0.15) is 0 Å². The minimum absolute atomic E-state index is 0.0685. The smallest absolute Gasteiger partial charge is 0.408 e. The topological polar surface area (TPSA) is 151 Å². The number of nitrogens with two attached hydrogens (primary N) is 1. The molecule has 0 saturated carbocycles. The number of rotatable bonds is 12. The summed E-state index contributed by atoms with van der Waals surface area (Å²) in [6.45, 7) is 8.86. The van der Waals surface area contributed by atoms with E-state index in [4.69, 9.17) is 10.5 Å². The van der Waals surface area contributed by atoms with Crippen LogP contribution in [0.25, 0.3) is 0 Å². The van der Waals surface area contributed by atoms with E-state index < -0.39 is 41.5 Å². The maximum atomic E-state index is 13.8. The first-order valence-electron chi connectivity index (χ1n) is 12.2. The minimum atomic E-state index is -1.22. The van der Waals surface area contributed by atoms with Crippen LogP contribution in [0.3, 0.4) is 0 Å². The lowest BCUT2D eigenvalue weighted by atomic mass is 10.0. The highest BCUT2D eigenvalue weighted by Crippen LogP contribution is 2.26. The Morgan fingerprint density at radius 2 is 1.79 bits per heavy atom. The van der Waals surface area contributed by atoms with E-state index in [1.54, 1.807) is 32.9 Å². The summed E-state index contributed by atoms with van der Waals surface area (Å²) in [6, 6.07) is 12.8. The van der Waals surface area contributed by atoms with Crippen LogP contribution in [0.2, 0.25) is 0 Å². The Morgan fingerprint density at radius 3 is 2.37 bits per heavy atom. The molecule has 0 bridgehead atoms. The zero-order valence-corrected chi connectivity index (χ0v) is 22.0. The number of hydrogen-bond acceptors (Lipinski definition) is 6. The minimum Gasteiger partial charge on any atom is -0.508 e. The molecule has 0 aliphatic heterocycles. The number of phenolic OH excluding ortho intramolecular Hbond substituents is 1. The van der Waals surface area contributed by atoms with Crippen molar-refractivity contribution in [1.29, 1.82) is 0 Å². The van der Waals surface area contributed by atoms with Gasteiger partial charge >= 0.3 is 6.09 Å². The lowest BCUT2D eigenvalue weighted by Crippen LogP contribution is -2.53. The summed E-state index contributed by atoms with van der Waals surface area (Å²) in [5, 5.41) is 15.4. The zero-order valence-electron chi connectivity index (χ0n) is 22.0. The molecule has 10 heteroatoms. The van der Waals surface area contributed by atoms with Gasteiger partial charge in [0.05, 0.1) is 0 Å². The summed E-state index contributed by atoms with van der Waals surface area (Å²) in [5.74, 6) is -1.92. The van der Waals surface area contributed by atoms with Gasteiger partial charge in [0.25, 0.3) is 0 Å².